The Morgan fingerprint density at radius 1 is 0.880 bits per heavy atom. The predicted molar refractivity (Wildman–Crippen MR) is 101 cm³/mol. The van der Waals surface area contributed by atoms with E-state index in [2.05, 4.69) is 45.8 Å². The molecule has 4 nitrogen and oxygen atoms in total. The van der Waals surface area contributed by atoms with Crippen LogP contribution in [0, 0.1) is 0 Å². The maximum absolute atomic E-state index is 12.1. The third kappa shape index (κ3) is 2.97. The second-order valence-electron chi connectivity index (χ2n) is 5.67. The number of hydrogen-bond donors (Lipinski definition) is 1. The number of carbonyl (C=O) groups excluding carboxylic acids is 1. The van der Waals surface area contributed by atoms with Crippen molar-refractivity contribution < 1.29 is 4.79 Å². The number of benzene rings is 3. The van der Waals surface area contributed by atoms with Crippen molar-refractivity contribution in [3.8, 4) is 0 Å². The lowest BCUT2D eigenvalue weighted by Gasteiger charge is -2.08. The van der Waals surface area contributed by atoms with Crippen LogP contribution in [0.3, 0.4) is 0 Å². The van der Waals surface area contributed by atoms with Gasteiger partial charge in [-0.1, -0.05) is 48.5 Å². The number of rotatable bonds is 3. The largest absolute Gasteiger partial charge is 0.271 e. The fourth-order valence-corrected chi connectivity index (χ4v) is 2.91. The molecular formula is C21H15N3O. The lowest BCUT2D eigenvalue weighted by atomic mass is 9.97. The van der Waals surface area contributed by atoms with Gasteiger partial charge in [-0.15, -0.1) is 0 Å². The average Bonchev–Trinajstić information content (AvgIpc) is 2.68. The van der Waals surface area contributed by atoms with Crippen molar-refractivity contribution in [1.29, 1.82) is 0 Å². The van der Waals surface area contributed by atoms with E-state index in [0.717, 1.165) is 27.1 Å². The van der Waals surface area contributed by atoms with Crippen LogP contribution in [-0.4, -0.2) is 17.1 Å². The van der Waals surface area contributed by atoms with Gasteiger partial charge in [-0.25, -0.2) is 5.43 Å². The van der Waals surface area contributed by atoms with Gasteiger partial charge in [0.15, 0.2) is 0 Å². The third-order valence-electron chi connectivity index (χ3n) is 4.12. The lowest BCUT2D eigenvalue weighted by molar-refractivity contribution is 0.0955. The van der Waals surface area contributed by atoms with Crippen LogP contribution in [0.15, 0.2) is 84.2 Å². The highest BCUT2D eigenvalue weighted by Crippen LogP contribution is 2.27. The summed E-state index contributed by atoms with van der Waals surface area (Å²) in [5.74, 6) is -0.261. The summed E-state index contributed by atoms with van der Waals surface area (Å²) in [6.45, 7) is 0. The predicted octanol–water partition coefficient (Wildman–Crippen LogP) is 4.15. The molecule has 0 saturated heterocycles. The molecular weight excluding hydrogens is 310 g/mol. The summed E-state index contributed by atoms with van der Waals surface area (Å²) in [5, 5.41) is 8.66. The van der Waals surface area contributed by atoms with E-state index >= 15 is 0 Å². The van der Waals surface area contributed by atoms with Crippen molar-refractivity contribution in [2.24, 2.45) is 5.10 Å². The van der Waals surface area contributed by atoms with Crippen LogP contribution in [-0.2, 0) is 0 Å². The monoisotopic (exact) mass is 325 g/mol. The van der Waals surface area contributed by atoms with Gasteiger partial charge >= 0.3 is 0 Å². The second kappa shape index (κ2) is 6.53. The Bertz CT molecular complexity index is 1030. The number of aromatic nitrogens is 1. The number of nitrogens with one attached hydrogen (secondary N) is 1. The zero-order valence-electron chi connectivity index (χ0n) is 13.4. The van der Waals surface area contributed by atoms with Gasteiger partial charge in [-0.3, -0.25) is 9.78 Å². The van der Waals surface area contributed by atoms with Gasteiger partial charge in [0.05, 0.1) is 6.21 Å². The van der Waals surface area contributed by atoms with Gasteiger partial charge in [-0.2, -0.15) is 5.10 Å². The molecule has 1 heterocycles. The van der Waals surface area contributed by atoms with E-state index in [9.17, 15) is 4.79 Å². The first-order valence-electron chi connectivity index (χ1n) is 7.97. The Kier molecular flexibility index (Phi) is 3.92. The maximum atomic E-state index is 12.1. The minimum atomic E-state index is -0.261. The molecule has 0 bridgehead atoms. The zero-order valence-corrected chi connectivity index (χ0v) is 13.4. The topological polar surface area (TPSA) is 54.4 Å². The number of pyridine rings is 1. The summed E-state index contributed by atoms with van der Waals surface area (Å²) < 4.78 is 0. The molecule has 0 aliphatic carbocycles. The summed E-state index contributed by atoms with van der Waals surface area (Å²) in [6.07, 6.45) is 4.87. The van der Waals surface area contributed by atoms with Crippen molar-refractivity contribution >= 4 is 33.7 Å². The molecule has 0 aliphatic heterocycles. The number of fused-ring (bicyclic) bond motifs is 2. The highest BCUT2D eigenvalue weighted by molar-refractivity contribution is 6.13. The van der Waals surface area contributed by atoms with E-state index in [0.29, 0.717) is 5.56 Å². The molecule has 4 heteroatoms. The molecule has 120 valence electrons. The van der Waals surface area contributed by atoms with Crippen LogP contribution in [0.2, 0.25) is 0 Å². The Labute approximate surface area is 144 Å². The molecule has 25 heavy (non-hydrogen) atoms. The fourth-order valence-electron chi connectivity index (χ4n) is 2.91. The van der Waals surface area contributed by atoms with Gasteiger partial charge in [0.1, 0.15) is 0 Å². The average molecular weight is 325 g/mol. The van der Waals surface area contributed by atoms with Gasteiger partial charge < -0.3 is 0 Å². The van der Waals surface area contributed by atoms with E-state index in [-0.39, 0.29) is 5.91 Å². The summed E-state index contributed by atoms with van der Waals surface area (Å²) in [7, 11) is 0. The molecule has 0 aliphatic rings. The van der Waals surface area contributed by atoms with Crippen molar-refractivity contribution in [2.45, 2.75) is 0 Å². The molecule has 0 radical (unpaired) electrons. The molecule has 0 spiro atoms. The van der Waals surface area contributed by atoms with E-state index < -0.39 is 0 Å². The molecule has 1 aromatic heterocycles. The normalized spacial score (nSPS) is 11.2. The zero-order chi connectivity index (χ0) is 17.1. The van der Waals surface area contributed by atoms with Crippen molar-refractivity contribution in [3.05, 3.63) is 90.3 Å². The maximum Gasteiger partial charge on any atom is 0.271 e. The smallest absolute Gasteiger partial charge is 0.267 e. The van der Waals surface area contributed by atoms with Crippen LogP contribution in [0.25, 0.3) is 21.5 Å². The third-order valence-corrected chi connectivity index (χ3v) is 4.12. The van der Waals surface area contributed by atoms with Crippen molar-refractivity contribution in [1.82, 2.24) is 10.4 Å². The van der Waals surface area contributed by atoms with Gasteiger partial charge in [0.25, 0.3) is 5.91 Å². The van der Waals surface area contributed by atoms with Crippen LogP contribution in [0.4, 0.5) is 0 Å². The van der Waals surface area contributed by atoms with E-state index in [1.807, 2.05) is 24.3 Å². The first-order valence-corrected chi connectivity index (χ1v) is 7.97. The first kappa shape index (κ1) is 15.0. The summed E-state index contributed by atoms with van der Waals surface area (Å²) in [4.78, 5) is 16.0. The Balaban J connectivity index is 1.73. The van der Waals surface area contributed by atoms with Crippen molar-refractivity contribution in [2.75, 3.05) is 0 Å². The SMILES string of the molecule is O=C(N/N=C\c1c2ccccc2cc2ccccc12)c1ccncc1. The van der Waals surface area contributed by atoms with Crippen molar-refractivity contribution in [3.63, 3.8) is 0 Å². The van der Waals surface area contributed by atoms with Gasteiger partial charge in [-0.05, 0) is 39.7 Å². The summed E-state index contributed by atoms with van der Waals surface area (Å²) in [6, 6.07) is 21.8. The van der Waals surface area contributed by atoms with E-state index in [1.54, 1.807) is 30.7 Å². The molecule has 1 N–H and O–H groups in total. The number of hydrazone groups is 1. The minimum absolute atomic E-state index is 0.261. The lowest BCUT2D eigenvalue weighted by Crippen LogP contribution is -2.17. The molecule has 1 amide bonds. The highest BCUT2D eigenvalue weighted by Gasteiger charge is 2.06. The number of nitrogens with zero attached hydrogens (tertiary/aromatic N) is 2. The molecule has 0 unspecified atom stereocenters. The first-order chi connectivity index (χ1) is 12.3. The molecule has 0 fully saturated rings. The second-order valence-corrected chi connectivity index (χ2v) is 5.67. The molecule has 3 aromatic carbocycles. The number of carbonyl (C=O) groups is 1. The molecule has 4 rings (SSSR count). The van der Waals surface area contributed by atoms with Gasteiger partial charge in [0.2, 0.25) is 0 Å². The van der Waals surface area contributed by atoms with E-state index in [1.165, 1.54) is 0 Å². The number of amides is 1. The van der Waals surface area contributed by atoms with Crippen LogP contribution < -0.4 is 5.43 Å². The fraction of sp³-hybridized carbons (Fsp3) is 0. The Morgan fingerprint density at radius 2 is 1.48 bits per heavy atom. The van der Waals surface area contributed by atoms with Crippen LogP contribution in [0.1, 0.15) is 15.9 Å². The molecule has 0 saturated carbocycles. The van der Waals surface area contributed by atoms with E-state index in [4.69, 9.17) is 0 Å². The Hall–Kier alpha value is -3.53. The molecule has 0 atom stereocenters. The quantitative estimate of drug-likeness (QED) is 0.349. The van der Waals surface area contributed by atoms with Gasteiger partial charge in [0, 0.05) is 23.5 Å². The standard InChI is InChI=1S/C21H15N3O/c25-21(15-9-11-22-12-10-15)24-23-14-20-18-7-3-1-5-16(18)13-17-6-2-4-8-19(17)20/h1-14H,(H,24,25)/b23-14-. The summed E-state index contributed by atoms with van der Waals surface area (Å²) in [5.41, 5.74) is 4.09. The highest BCUT2D eigenvalue weighted by atomic mass is 16.2. The number of hydrogen-bond acceptors (Lipinski definition) is 3. The Morgan fingerprint density at radius 3 is 2.12 bits per heavy atom. The van der Waals surface area contributed by atoms with Crippen LogP contribution >= 0.6 is 0 Å². The summed E-state index contributed by atoms with van der Waals surface area (Å²) >= 11 is 0. The molecule has 4 aromatic rings. The van der Waals surface area contributed by atoms with Crippen LogP contribution in [0.5, 0.6) is 0 Å². The minimum Gasteiger partial charge on any atom is -0.267 e.